The summed E-state index contributed by atoms with van der Waals surface area (Å²) >= 11 is 0. The van der Waals surface area contributed by atoms with Crippen LogP contribution in [0.5, 0.6) is 0 Å². The zero-order chi connectivity index (χ0) is 25.4. The SMILES string of the molecule is CC(C)CNC(=O)[C@H](C)N(Cc1ccccc1)C(=O)CCc1ccc(S(=O)(=O)N2CCCC2)cc1. The molecular weight excluding hydrogens is 462 g/mol. The minimum atomic E-state index is -3.45. The van der Waals surface area contributed by atoms with Gasteiger partial charge >= 0.3 is 0 Å². The van der Waals surface area contributed by atoms with Crippen molar-refractivity contribution in [2.45, 2.75) is 63.9 Å². The normalized spacial score (nSPS) is 15.2. The molecule has 2 aromatic carbocycles. The number of nitrogens with zero attached hydrogens (tertiary/aromatic N) is 2. The Kier molecular flexibility index (Phi) is 9.46. The lowest BCUT2D eigenvalue weighted by molar-refractivity contribution is -0.140. The van der Waals surface area contributed by atoms with E-state index >= 15 is 0 Å². The Morgan fingerprint density at radius 3 is 2.17 bits per heavy atom. The minimum Gasteiger partial charge on any atom is -0.354 e. The van der Waals surface area contributed by atoms with Gasteiger partial charge in [0.05, 0.1) is 4.90 Å². The van der Waals surface area contributed by atoms with Crippen molar-refractivity contribution in [1.29, 1.82) is 0 Å². The molecule has 2 aromatic rings. The van der Waals surface area contributed by atoms with Crippen LogP contribution in [-0.2, 0) is 32.6 Å². The van der Waals surface area contributed by atoms with Crippen LogP contribution in [0, 0.1) is 5.92 Å². The van der Waals surface area contributed by atoms with Crippen molar-refractivity contribution in [2.75, 3.05) is 19.6 Å². The van der Waals surface area contributed by atoms with E-state index in [9.17, 15) is 18.0 Å². The van der Waals surface area contributed by atoms with Gasteiger partial charge in [-0.15, -0.1) is 0 Å². The Balaban J connectivity index is 1.66. The van der Waals surface area contributed by atoms with Crippen LogP contribution in [0.2, 0.25) is 0 Å². The lowest BCUT2D eigenvalue weighted by Gasteiger charge is -2.29. The number of carbonyl (C=O) groups excluding carboxylic acids is 2. The molecule has 0 aliphatic carbocycles. The first-order valence-corrected chi connectivity index (χ1v) is 13.8. The highest BCUT2D eigenvalue weighted by Crippen LogP contribution is 2.21. The standard InChI is InChI=1S/C27H37N3O4S/c1-21(2)19-28-27(32)22(3)30(20-24-9-5-4-6-10-24)26(31)16-13-23-11-14-25(15-12-23)35(33,34)29-17-7-8-18-29/h4-6,9-12,14-15,21-22H,7-8,13,16-20H2,1-3H3,(H,28,32)/t22-/m0/s1. The molecule has 7 nitrogen and oxygen atoms in total. The molecule has 0 bridgehead atoms. The van der Waals surface area contributed by atoms with E-state index in [-0.39, 0.29) is 23.1 Å². The average Bonchev–Trinajstić information content (AvgIpc) is 3.41. The summed E-state index contributed by atoms with van der Waals surface area (Å²) < 4.78 is 27.0. The van der Waals surface area contributed by atoms with Crippen LogP contribution in [0.3, 0.4) is 0 Å². The number of rotatable bonds is 11. The predicted molar refractivity (Wildman–Crippen MR) is 137 cm³/mol. The quantitative estimate of drug-likeness (QED) is 0.512. The second kappa shape index (κ2) is 12.3. The summed E-state index contributed by atoms with van der Waals surface area (Å²) in [5.41, 5.74) is 1.84. The third-order valence-electron chi connectivity index (χ3n) is 6.30. The molecule has 1 fully saturated rings. The molecule has 1 heterocycles. The van der Waals surface area contributed by atoms with Crippen molar-refractivity contribution >= 4 is 21.8 Å². The van der Waals surface area contributed by atoms with E-state index in [1.165, 1.54) is 4.31 Å². The molecule has 2 amide bonds. The highest BCUT2D eigenvalue weighted by molar-refractivity contribution is 7.89. The summed E-state index contributed by atoms with van der Waals surface area (Å²) in [6.07, 6.45) is 2.49. The average molecular weight is 500 g/mol. The number of benzene rings is 2. The van der Waals surface area contributed by atoms with Gasteiger partial charge in [0.15, 0.2) is 0 Å². The summed E-state index contributed by atoms with van der Waals surface area (Å²) in [4.78, 5) is 27.9. The van der Waals surface area contributed by atoms with Gasteiger partial charge in [-0.05, 0) is 55.4 Å². The minimum absolute atomic E-state index is 0.116. The molecule has 0 saturated carbocycles. The van der Waals surface area contributed by atoms with Crippen molar-refractivity contribution in [3.8, 4) is 0 Å². The number of nitrogens with one attached hydrogen (secondary N) is 1. The van der Waals surface area contributed by atoms with Gasteiger partial charge in [-0.2, -0.15) is 4.31 Å². The van der Waals surface area contributed by atoms with Crippen LogP contribution >= 0.6 is 0 Å². The van der Waals surface area contributed by atoms with E-state index in [1.54, 1.807) is 36.1 Å². The molecule has 1 saturated heterocycles. The number of hydrogen-bond acceptors (Lipinski definition) is 4. The van der Waals surface area contributed by atoms with Crippen molar-refractivity contribution in [3.63, 3.8) is 0 Å². The van der Waals surface area contributed by atoms with Crippen molar-refractivity contribution in [2.24, 2.45) is 5.92 Å². The van der Waals surface area contributed by atoms with Gasteiger partial charge in [0.1, 0.15) is 6.04 Å². The fourth-order valence-corrected chi connectivity index (χ4v) is 5.63. The largest absolute Gasteiger partial charge is 0.354 e. The van der Waals surface area contributed by atoms with Gasteiger partial charge in [0.25, 0.3) is 0 Å². The number of sulfonamides is 1. The van der Waals surface area contributed by atoms with Gasteiger partial charge < -0.3 is 10.2 Å². The zero-order valence-corrected chi connectivity index (χ0v) is 21.8. The van der Waals surface area contributed by atoms with Crippen LogP contribution in [0.15, 0.2) is 59.5 Å². The maximum atomic E-state index is 13.2. The predicted octanol–water partition coefficient (Wildman–Crippen LogP) is 3.59. The summed E-state index contributed by atoms with van der Waals surface area (Å²) in [7, 11) is -3.45. The number of carbonyl (C=O) groups is 2. The first-order chi connectivity index (χ1) is 16.7. The van der Waals surface area contributed by atoms with Gasteiger partial charge in [-0.1, -0.05) is 56.3 Å². The second-order valence-corrected chi connectivity index (χ2v) is 11.5. The van der Waals surface area contributed by atoms with Crippen LogP contribution in [0.25, 0.3) is 0 Å². The Morgan fingerprint density at radius 2 is 1.57 bits per heavy atom. The lowest BCUT2D eigenvalue weighted by Crippen LogP contribution is -2.48. The molecule has 1 aliphatic rings. The molecule has 1 atom stereocenters. The first-order valence-electron chi connectivity index (χ1n) is 12.4. The van der Waals surface area contributed by atoms with Gasteiger partial charge in [0, 0.05) is 32.6 Å². The third kappa shape index (κ3) is 7.39. The van der Waals surface area contributed by atoms with Crippen LogP contribution < -0.4 is 5.32 Å². The first kappa shape index (κ1) is 26.9. The maximum absolute atomic E-state index is 13.2. The molecule has 0 radical (unpaired) electrons. The van der Waals surface area contributed by atoms with E-state index < -0.39 is 16.1 Å². The fraction of sp³-hybridized carbons (Fsp3) is 0.481. The van der Waals surface area contributed by atoms with Crippen LogP contribution in [-0.4, -0.2) is 55.1 Å². The van der Waals surface area contributed by atoms with E-state index in [0.717, 1.165) is 24.0 Å². The highest BCUT2D eigenvalue weighted by atomic mass is 32.2. The highest BCUT2D eigenvalue weighted by Gasteiger charge is 2.28. The number of hydrogen-bond donors (Lipinski definition) is 1. The molecular formula is C27H37N3O4S. The van der Waals surface area contributed by atoms with E-state index in [1.807, 2.05) is 44.2 Å². The van der Waals surface area contributed by atoms with Crippen molar-refractivity contribution in [3.05, 3.63) is 65.7 Å². The monoisotopic (exact) mass is 499 g/mol. The van der Waals surface area contributed by atoms with Gasteiger partial charge in [-0.3, -0.25) is 9.59 Å². The topological polar surface area (TPSA) is 86.8 Å². The Bertz CT molecular complexity index is 1080. The number of amides is 2. The zero-order valence-electron chi connectivity index (χ0n) is 20.9. The van der Waals surface area contributed by atoms with E-state index in [2.05, 4.69) is 5.32 Å². The molecule has 1 aliphatic heterocycles. The lowest BCUT2D eigenvalue weighted by atomic mass is 10.1. The second-order valence-electron chi connectivity index (χ2n) is 9.58. The van der Waals surface area contributed by atoms with Crippen LogP contribution in [0.4, 0.5) is 0 Å². The molecule has 35 heavy (non-hydrogen) atoms. The summed E-state index contributed by atoms with van der Waals surface area (Å²) in [5, 5.41) is 2.93. The molecule has 0 unspecified atom stereocenters. The fourth-order valence-electron chi connectivity index (χ4n) is 4.12. The van der Waals surface area contributed by atoms with Crippen LogP contribution in [0.1, 0.15) is 51.2 Å². The molecule has 190 valence electrons. The molecule has 1 N–H and O–H groups in total. The van der Waals surface area contributed by atoms with E-state index in [4.69, 9.17) is 0 Å². The van der Waals surface area contributed by atoms with Gasteiger partial charge in [0.2, 0.25) is 21.8 Å². The molecule has 8 heteroatoms. The Morgan fingerprint density at radius 1 is 0.943 bits per heavy atom. The Hall–Kier alpha value is -2.71. The van der Waals surface area contributed by atoms with Gasteiger partial charge in [-0.25, -0.2) is 8.42 Å². The van der Waals surface area contributed by atoms with E-state index in [0.29, 0.717) is 38.5 Å². The molecule has 3 rings (SSSR count). The summed E-state index contributed by atoms with van der Waals surface area (Å²) in [6.45, 7) is 7.86. The summed E-state index contributed by atoms with van der Waals surface area (Å²) in [5.74, 6) is 0.0379. The van der Waals surface area contributed by atoms with Crippen molar-refractivity contribution in [1.82, 2.24) is 14.5 Å². The molecule has 0 aromatic heterocycles. The summed E-state index contributed by atoms with van der Waals surface area (Å²) in [6, 6.07) is 15.8. The maximum Gasteiger partial charge on any atom is 0.243 e. The Labute approximate surface area is 209 Å². The van der Waals surface area contributed by atoms with Crippen molar-refractivity contribution < 1.29 is 18.0 Å². The molecule has 0 spiro atoms. The third-order valence-corrected chi connectivity index (χ3v) is 8.21. The smallest absolute Gasteiger partial charge is 0.243 e. The number of aryl methyl sites for hydroxylation is 1.